The molecule has 0 unspecified atom stereocenters. The molecule has 0 bridgehead atoms. The number of hydrogen-bond acceptors (Lipinski definition) is 1. The molecule has 0 fully saturated rings. The fourth-order valence-electron chi connectivity index (χ4n) is 7.66. The molecule has 0 spiro atoms. The third-order valence-electron chi connectivity index (χ3n) is 9.70. The quantitative estimate of drug-likeness (QED) is 0.184. The first-order chi connectivity index (χ1) is 24.2. The maximum absolute atomic E-state index is 8.76. The molecule has 0 aliphatic rings. The van der Waals surface area contributed by atoms with Crippen LogP contribution in [0.5, 0.6) is 0 Å². The van der Waals surface area contributed by atoms with Gasteiger partial charge in [-0.05, 0) is 88.6 Å². The Morgan fingerprint density at radius 2 is 0.872 bits per heavy atom. The van der Waals surface area contributed by atoms with Crippen LogP contribution in [0.1, 0.15) is 2.74 Å². The molecule has 10 rings (SSSR count). The van der Waals surface area contributed by atoms with Gasteiger partial charge in [0.15, 0.2) is 0 Å². The van der Waals surface area contributed by atoms with E-state index in [0.29, 0.717) is 5.58 Å². The Bertz CT molecular complexity index is 2890. The molecule has 47 heavy (non-hydrogen) atoms. The summed E-state index contributed by atoms with van der Waals surface area (Å²) in [6, 6.07) is 56.0. The van der Waals surface area contributed by atoms with Crippen molar-refractivity contribution in [2.75, 3.05) is 0 Å². The summed E-state index contributed by atoms with van der Waals surface area (Å²) in [5, 5.41) is 11.0. The molecule has 1 aromatic heterocycles. The van der Waals surface area contributed by atoms with E-state index in [1.807, 2.05) is 36.4 Å². The smallest absolute Gasteiger partial charge is 0.136 e. The molecule has 0 saturated carbocycles. The Balaban J connectivity index is 1.21. The highest BCUT2D eigenvalue weighted by atomic mass is 16.3. The van der Waals surface area contributed by atoms with Crippen LogP contribution in [0.2, 0.25) is 0 Å². The van der Waals surface area contributed by atoms with Gasteiger partial charge < -0.3 is 4.42 Å². The summed E-state index contributed by atoms with van der Waals surface area (Å²) in [5.74, 6) is 0. The zero-order chi connectivity index (χ0) is 32.6. The first-order valence-corrected chi connectivity index (χ1v) is 16.0. The molecule has 1 heterocycles. The van der Waals surface area contributed by atoms with E-state index in [9.17, 15) is 0 Å². The topological polar surface area (TPSA) is 13.1 Å². The molecule has 1 heteroatoms. The van der Waals surface area contributed by atoms with Crippen LogP contribution in [0, 0.1) is 0 Å². The maximum atomic E-state index is 8.76. The van der Waals surface area contributed by atoms with E-state index in [0.717, 1.165) is 43.8 Å². The van der Waals surface area contributed by atoms with Crippen LogP contribution in [0.15, 0.2) is 174 Å². The van der Waals surface area contributed by atoms with Gasteiger partial charge in [0.2, 0.25) is 0 Å². The third-order valence-corrected chi connectivity index (χ3v) is 9.70. The number of hydrogen-bond donors (Lipinski definition) is 0. The first-order valence-electron chi connectivity index (χ1n) is 17.0. The van der Waals surface area contributed by atoms with Crippen LogP contribution in [-0.2, 0) is 0 Å². The van der Waals surface area contributed by atoms with E-state index in [4.69, 9.17) is 7.16 Å². The van der Waals surface area contributed by atoms with Crippen LogP contribution in [0.25, 0.3) is 98.4 Å². The zero-order valence-corrected chi connectivity index (χ0v) is 25.4. The van der Waals surface area contributed by atoms with Crippen molar-refractivity contribution in [3.63, 3.8) is 0 Å². The number of furan rings is 1. The maximum Gasteiger partial charge on any atom is 0.136 e. The Hall–Kier alpha value is -6.18. The van der Waals surface area contributed by atoms with Gasteiger partial charge in [0, 0.05) is 10.8 Å². The highest BCUT2D eigenvalue weighted by Gasteiger charge is 2.19. The average molecular weight is 599 g/mol. The van der Waals surface area contributed by atoms with Crippen molar-refractivity contribution in [2.24, 2.45) is 0 Å². The second kappa shape index (κ2) is 10.2. The molecule has 0 radical (unpaired) electrons. The lowest BCUT2D eigenvalue weighted by atomic mass is 9.84. The molecule has 0 aliphatic heterocycles. The van der Waals surface area contributed by atoms with E-state index in [-0.39, 0.29) is 12.1 Å². The Morgan fingerprint density at radius 1 is 0.340 bits per heavy atom. The molecule has 0 aliphatic carbocycles. The summed E-state index contributed by atoms with van der Waals surface area (Å²) < 4.78 is 23.7. The molecular formula is C46H28O. The van der Waals surface area contributed by atoms with Crippen molar-refractivity contribution in [3.05, 3.63) is 170 Å². The van der Waals surface area contributed by atoms with Crippen LogP contribution in [0.3, 0.4) is 0 Å². The fraction of sp³-hybridized carbons (Fsp3) is 0. The van der Waals surface area contributed by atoms with Gasteiger partial charge in [0.1, 0.15) is 11.2 Å². The Morgan fingerprint density at radius 3 is 1.60 bits per heavy atom. The lowest BCUT2D eigenvalue weighted by Crippen LogP contribution is -1.91. The van der Waals surface area contributed by atoms with Crippen LogP contribution < -0.4 is 0 Å². The Labute approximate surface area is 274 Å². The summed E-state index contributed by atoms with van der Waals surface area (Å²) >= 11 is 0. The van der Waals surface area contributed by atoms with Gasteiger partial charge in [0.05, 0.1) is 2.74 Å². The SMILES string of the molecule is [2H]c1c([2H])c2oc3cccc(-c4ccc(-c5c6ccccc6c(-c6cccc7ccccc67)c6ccccc56)cc4)c3c2c2ccccc12. The van der Waals surface area contributed by atoms with Crippen LogP contribution >= 0.6 is 0 Å². The van der Waals surface area contributed by atoms with Gasteiger partial charge in [-0.2, -0.15) is 0 Å². The molecule has 9 aromatic carbocycles. The highest BCUT2D eigenvalue weighted by Crippen LogP contribution is 2.46. The second-order valence-corrected chi connectivity index (χ2v) is 12.2. The van der Waals surface area contributed by atoms with E-state index in [1.165, 1.54) is 49.0 Å². The standard InChI is InChI=1S/C46H28O/c1-3-14-33-29(11-1)13-9-21-36(33)44-39-18-7-5-16-37(39)43(38-17-6-8-19-40(38)44)32-25-23-31(24-26-32)35-20-10-22-41-45(35)46-34-15-4-2-12-30(34)27-28-42(46)47-41/h1-28H/i27D,28D. The van der Waals surface area contributed by atoms with Gasteiger partial charge in [-0.25, -0.2) is 0 Å². The normalized spacial score (nSPS) is 12.4. The molecule has 0 N–H and O–H groups in total. The van der Waals surface area contributed by atoms with E-state index in [2.05, 4.69) is 121 Å². The van der Waals surface area contributed by atoms with E-state index >= 15 is 0 Å². The molecule has 0 atom stereocenters. The molecule has 10 aromatic rings. The number of benzene rings is 9. The highest BCUT2D eigenvalue weighted by molar-refractivity contribution is 6.24. The monoisotopic (exact) mass is 598 g/mol. The molecule has 1 nitrogen and oxygen atoms in total. The minimum absolute atomic E-state index is 0.122. The van der Waals surface area contributed by atoms with Crippen molar-refractivity contribution >= 4 is 65.0 Å². The third kappa shape index (κ3) is 3.90. The lowest BCUT2D eigenvalue weighted by molar-refractivity contribution is 0.669. The number of fused-ring (bicyclic) bond motifs is 8. The summed E-state index contributed by atoms with van der Waals surface area (Å²) in [6.07, 6.45) is 0. The molecule has 0 saturated heterocycles. The largest absolute Gasteiger partial charge is 0.456 e. The predicted octanol–water partition coefficient (Wildman–Crippen LogP) is 13.2. The fourth-order valence-corrected chi connectivity index (χ4v) is 7.66. The van der Waals surface area contributed by atoms with Gasteiger partial charge in [0.25, 0.3) is 0 Å². The molecular weight excluding hydrogens is 569 g/mol. The summed E-state index contributed by atoms with van der Waals surface area (Å²) in [7, 11) is 0. The van der Waals surface area contributed by atoms with Crippen LogP contribution in [0.4, 0.5) is 0 Å². The van der Waals surface area contributed by atoms with Gasteiger partial charge in [-0.3, -0.25) is 0 Å². The van der Waals surface area contributed by atoms with E-state index < -0.39 is 0 Å². The van der Waals surface area contributed by atoms with Crippen molar-refractivity contribution < 1.29 is 7.16 Å². The molecule has 218 valence electrons. The second-order valence-electron chi connectivity index (χ2n) is 12.2. The Kier molecular flexibility index (Phi) is 5.21. The van der Waals surface area contributed by atoms with Crippen molar-refractivity contribution in [3.8, 4) is 33.4 Å². The summed E-state index contributed by atoms with van der Waals surface area (Å²) in [6.45, 7) is 0. The number of rotatable bonds is 3. The average Bonchev–Trinajstić information content (AvgIpc) is 3.56. The zero-order valence-electron chi connectivity index (χ0n) is 27.4. The minimum atomic E-state index is 0.122. The van der Waals surface area contributed by atoms with Crippen LogP contribution in [-0.4, -0.2) is 0 Å². The van der Waals surface area contributed by atoms with Gasteiger partial charge in [-0.1, -0.05) is 158 Å². The lowest BCUT2D eigenvalue weighted by Gasteiger charge is -2.19. The summed E-state index contributed by atoms with van der Waals surface area (Å²) in [4.78, 5) is 0. The van der Waals surface area contributed by atoms with Crippen molar-refractivity contribution in [2.45, 2.75) is 0 Å². The summed E-state index contributed by atoms with van der Waals surface area (Å²) in [5.41, 5.74) is 8.19. The van der Waals surface area contributed by atoms with Crippen molar-refractivity contribution in [1.82, 2.24) is 0 Å². The molecule has 0 amide bonds. The van der Waals surface area contributed by atoms with Gasteiger partial charge >= 0.3 is 0 Å². The minimum Gasteiger partial charge on any atom is -0.456 e. The van der Waals surface area contributed by atoms with Gasteiger partial charge in [-0.15, -0.1) is 0 Å². The predicted molar refractivity (Wildman–Crippen MR) is 200 cm³/mol. The van der Waals surface area contributed by atoms with Crippen molar-refractivity contribution in [1.29, 1.82) is 0 Å². The first kappa shape index (κ1) is 24.1. The van der Waals surface area contributed by atoms with E-state index in [1.54, 1.807) is 0 Å².